The molecule has 5 nitrogen and oxygen atoms in total. The van der Waals surface area contributed by atoms with Crippen LogP contribution in [-0.2, 0) is 0 Å². The lowest BCUT2D eigenvalue weighted by Gasteiger charge is -2.12. The highest BCUT2D eigenvalue weighted by molar-refractivity contribution is 8.01. The lowest BCUT2D eigenvalue weighted by Crippen LogP contribution is -2.13. The first-order chi connectivity index (χ1) is 13.6. The Hall–Kier alpha value is -2.51. The monoisotopic (exact) mass is 412 g/mol. The van der Waals surface area contributed by atoms with Crippen molar-refractivity contribution in [2.45, 2.75) is 29.5 Å². The molecule has 0 spiro atoms. The minimum absolute atomic E-state index is 0.172. The molecule has 3 aromatic rings. The molecule has 0 radical (unpaired) electrons. The maximum Gasteiger partial charge on any atom is 0.255 e. The fourth-order valence-electron chi connectivity index (χ4n) is 2.82. The van der Waals surface area contributed by atoms with Crippen LogP contribution in [0, 0.1) is 13.8 Å². The molecule has 2 aromatic carbocycles. The summed E-state index contributed by atoms with van der Waals surface area (Å²) < 4.78 is 12.3. The predicted octanol–water partition coefficient (Wildman–Crippen LogP) is 5.32. The van der Waals surface area contributed by atoms with Crippen LogP contribution < -0.4 is 14.8 Å². The average Bonchev–Trinajstić information content (AvgIpc) is 2.95. The Balaban J connectivity index is 1.47. The van der Waals surface area contributed by atoms with E-state index in [-0.39, 0.29) is 5.91 Å². The zero-order valence-corrected chi connectivity index (χ0v) is 17.3. The van der Waals surface area contributed by atoms with E-state index in [1.165, 1.54) is 0 Å². The average molecular weight is 413 g/mol. The van der Waals surface area contributed by atoms with Gasteiger partial charge in [-0.05, 0) is 55.8 Å². The fraction of sp³-hybridized carbons (Fsp3) is 0.238. The number of carbonyl (C=O) groups excluding carboxylic acids is 1. The molecule has 28 heavy (non-hydrogen) atoms. The number of benzene rings is 2. The zero-order valence-electron chi connectivity index (χ0n) is 15.7. The minimum atomic E-state index is -0.172. The third-order valence-corrected chi connectivity index (χ3v) is 6.30. The van der Waals surface area contributed by atoms with Crippen molar-refractivity contribution in [1.82, 2.24) is 4.98 Å². The van der Waals surface area contributed by atoms with Crippen molar-refractivity contribution in [2.75, 3.05) is 18.5 Å². The normalized spacial score (nSPS) is 13.1. The van der Waals surface area contributed by atoms with Crippen LogP contribution in [-0.4, -0.2) is 24.1 Å². The van der Waals surface area contributed by atoms with E-state index in [1.54, 1.807) is 41.3 Å². The summed E-state index contributed by atoms with van der Waals surface area (Å²) in [4.78, 5) is 18.3. The molecule has 0 fully saturated rings. The van der Waals surface area contributed by atoms with Crippen LogP contribution >= 0.6 is 23.1 Å². The maximum absolute atomic E-state index is 12.7. The molecule has 0 aliphatic carbocycles. The van der Waals surface area contributed by atoms with E-state index in [0.29, 0.717) is 30.3 Å². The first-order valence-corrected chi connectivity index (χ1v) is 10.7. The van der Waals surface area contributed by atoms with Crippen molar-refractivity contribution in [3.8, 4) is 11.5 Å². The van der Waals surface area contributed by atoms with Crippen LogP contribution in [0.25, 0.3) is 0 Å². The molecule has 1 amide bonds. The molecular formula is C21H20N2O3S2. The summed E-state index contributed by atoms with van der Waals surface area (Å²) in [6.07, 6.45) is 0.834. The Kier molecular flexibility index (Phi) is 5.54. The maximum atomic E-state index is 12.7. The van der Waals surface area contributed by atoms with Gasteiger partial charge in [-0.2, -0.15) is 0 Å². The molecule has 0 bridgehead atoms. The third-order valence-electron chi connectivity index (χ3n) is 4.26. The number of nitrogens with zero attached hydrogens (tertiary/aromatic N) is 1. The number of thiazole rings is 1. The van der Waals surface area contributed by atoms with Gasteiger partial charge in [0.25, 0.3) is 5.91 Å². The van der Waals surface area contributed by atoms with Gasteiger partial charge in [0, 0.05) is 33.6 Å². The smallest absolute Gasteiger partial charge is 0.255 e. The van der Waals surface area contributed by atoms with Crippen LogP contribution in [0.5, 0.6) is 11.5 Å². The predicted molar refractivity (Wildman–Crippen MR) is 112 cm³/mol. The summed E-state index contributed by atoms with van der Waals surface area (Å²) in [5, 5.41) is 5.03. The Morgan fingerprint density at radius 3 is 2.68 bits per heavy atom. The van der Waals surface area contributed by atoms with Gasteiger partial charge in [0.15, 0.2) is 15.8 Å². The molecular weight excluding hydrogens is 392 g/mol. The van der Waals surface area contributed by atoms with Crippen molar-refractivity contribution < 1.29 is 14.3 Å². The molecule has 0 saturated carbocycles. The number of ether oxygens (including phenoxy) is 2. The van der Waals surface area contributed by atoms with E-state index in [2.05, 4.69) is 16.4 Å². The second-order valence-electron chi connectivity index (χ2n) is 6.50. The van der Waals surface area contributed by atoms with Gasteiger partial charge in [-0.15, -0.1) is 11.3 Å². The number of carbonyl (C=O) groups is 1. The van der Waals surface area contributed by atoms with E-state index >= 15 is 0 Å². The van der Waals surface area contributed by atoms with Crippen molar-refractivity contribution in [3.05, 3.63) is 58.6 Å². The zero-order chi connectivity index (χ0) is 19.5. The van der Waals surface area contributed by atoms with E-state index in [0.717, 1.165) is 32.6 Å². The van der Waals surface area contributed by atoms with Gasteiger partial charge in [0.05, 0.1) is 13.2 Å². The number of aryl methyl sites for hydroxylation is 2. The molecule has 0 saturated heterocycles. The molecule has 1 aromatic heterocycles. The summed E-state index contributed by atoms with van der Waals surface area (Å²) in [7, 11) is 0. The minimum Gasteiger partial charge on any atom is -0.490 e. The molecule has 0 atom stereocenters. The lowest BCUT2D eigenvalue weighted by atomic mass is 10.1. The molecule has 1 aliphatic rings. The number of anilines is 1. The molecule has 1 N–H and O–H groups in total. The molecule has 4 rings (SSSR count). The first kappa shape index (κ1) is 18.8. The van der Waals surface area contributed by atoms with Gasteiger partial charge < -0.3 is 14.8 Å². The van der Waals surface area contributed by atoms with Gasteiger partial charge in [0.2, 0.25) is 0 Å². The SMILES string of the molecule is Cc1csc(Sc2ccc(NC(=O)c3ccc4c(c3)OCCCO4)c(C)c2)n1. The Labute approximate surface area is 172 Å². The van der Waals surface area contributed by atoms with Crippen LogP contribution in [0.2, 0.25) is 0 Å². The highest BCUT2D eigenvalue weighted by Crippen LogP contribution is 2.33. The van der Waals surface area contributed by atoms with Gasteiger partial charge in [-0.1, -0.05) is 11.8 Å². The van der Waals surface area contributed by atoms with Crippen molar-refractivity contribution >= 4 is 34.7 Å². The largest absolute Gasteiger partial charge is 0.490 e. The number of nitrogens with one attached hydrogen (secondary N) is 1. The third kappa shape index (κ3) is 4.31. The summed E-state index contributed by atoms with van der Waals surface area (Å²) in [6, 6.07) is 11.3. The fourth-order valence-corrected chi connectivity index (χ4v) is 4.73. The second kappa shape index (κ2) is 8.24. The summed E-state index contributed by atoms with van der Waals surface area (Å²) >= 11 is 3.26. The number of hydrogen-bond donors (Lipinski definition) is 1. The number of rotatable bonds is 4. The van der Waals surface area contributed by atoms with Crippen LogP contribution in [0.3, 0.4) is 0 Å². The highest BCUT2D eigenvalue weighted by Gasteiger charge is 2.15. The summed E-state index contributed by atoms with van der Waals surface area (Å²) in [6.45, 7) is 5.20. The molecule has 2 heterocycles. The first-order valence-electron chi connectivity index (χ1n) is 9.00. The van der Waals surface area contributed by atoms with E-state index in [9.17, 15) is 4.79 Å². The van der Waals surface area contributed by atoms with E-state index < -0.39 is 0 Å². The highest BCUT2D eigenvalue weighted by atomic mass is 32.2. The Morgan fingerprint density at radius 1 is 1.11 bits per heavy atom. The molecule has 0 unspecified atom stereocenters. The van der Waals surface area contributed by atoms with Gasteiger partial charge in [-0.25, -0.2) is 4.98 Å². The quantitative estimate of drug-likeness (QED) is 0.628. The summed E-state index contributed by atoms with van der Waals surface area (Å²) in [5.41, 5.74) is 3.36. The number of hydrogen-bond acceptors (Lipinski definition) is 6. The number of aromatic nitrogens is 1. The Morgan fingerprint density at radius 2 is 1.93 bits per heavy atom. The molecule has 1 aliphatic heterocycles. The van der Waals surface area contributed by atoms with Gasteiger partial charge in [0.1, 0.15) is 0 Å². The van der Waals surface area contributed by atoms with Crippen LogP contribution in [0.15, 0.2) is 51.0 Å². The second-order valence-corrected chi connectivity index (χ2v) is 8.68. The van der Waals surface area contributed by atoms with Crippen molar-refractivity contribution in [2.24, 2.45) is 0 Å². The van der Waals surface area contributed by atoms with Gasteiger partial charge in [-0.3, -0.25) is 4.79 Å². The van der Waals surface area contributed by atoms with Gasteiger partial charge >= 0.3 is 0 Å². The lowest BCUT2D eigenvalue weighted by molar-refractivity contribution is 0.102. The molecule has 144 valence electrons. The van der Waals surface area contributed by atoms with E-state index in [4.69, 9.17) is 9.47 Å². The standard InChI is InChI=1S/C21H20N2O3S2/c1-13-10-16(28-21-22-14(2)12-27-21)5-6-17(13)23-20(24)15-4-7-18-19(11-15)26-9-3-8-25-18/h4-7,10-12H,3,8-9H2,1-2H3,(H,23,24). The topological polar surface area (TPSA) is 60.5 Å². The Bertz CT molecular complexity index is 1020. The van der Waals surface area contributed by atoms with Crippen LogP contribution in [0.4, 0.5) is 5.69 Å². The van der Waals surface area contributed by atoms with Crippen molar-refractivity contribution in [3.63, 3.8) is 0 Å². The summed E-state index contributed by atoms with van der Waals surface area (Å²) in [5.74, 6) is 1.13. The van der Waals surface area contributed by atoms with Crippen molar-refractivity contribution in [1.29, 1.82) is 0 Å². The number of fused-ring (bicyclic) bond motifs is 1. The van der Waals surface area contributed by atoms with Crippen LogP contribution in [0.1, 0.15) is 28.0 Å². The number of amides is 1. The van der Waals surface area contributed by atoms with E-state index in [1.807, 2.05) is 31.4 Å². The molecule has 7 heteroatoms.